The molecule has 25 heavy (non-hydrogen) atoms. The molecule has 132 valence electrons. The number of nitrogens with one attached hydrogen (secondary N) is 1. The van der Waals surface area contributed by atoms with Gasteiger partial charge in [-0.15, -0.1) is 0 Å². The van der Waals surface area contributed by atoms with Crippen molar-refractivity contribution < 1.29 is 8.42 Å². The molecule has 1 aromatic carbocycles. The summed E-state index contributed by atoms with van der Waals surface area (Å²) >= 11 is 1.53. The second-order valence-corrected chi connectivity index (χ2v) is 8.31. The minimum atomic E-state index is -3.31. The summed E-state index contributed by atoms with van der Waals surface area (Å²) in [6.07, 6.45) is 2.88. The molecule has 3 aromatic rings. The molecule has 0 aliphatic heterocycles. The normalized spacial score (nSPS) is 11.8. The van der Waals surface area contributed by atoms with Gasteiger partial charge in [-0.2, -0.15) is 0 Å². The first kappa shape index (κ1) is 17.7. The predicted octanol–water partition coefficient (Wildman–Crippen LogP) is 2.82. The smallest absolute Gasteiger partial charge is 0.229 e. The molecule has 0 saturated heterocycles. The number of aryl methyl sites for hydroxylation is 2. The first-order chi connectivity index (χ1) is 11.9. The van der Waals surface area contributed by atoms with Gasteiger partial charge in [-0.25, -0.2) is 23.4 Å². The number of hydrogen-bond donors (Lipinski definition) is 1. The van der Waals surface area contributed by atoms with Crippen LogP contribution in [0.2, 0.25) is 0 Å². The van der Waals surface area contributed by atoms with Crippen molar-refractivity contribution in [3.63, 3.8) is 0 Å². The third-order valence-electron chi connectivity index (χ3n) is 3.55. The molecule has 0 aliphatic rings. The zero-order chi connectivity index (χ0) is 18.0. The molecule has 0 atom stereocenters. The predicted molar refractivity (Wildman–Crippen MR) is 100 cm³/mol. The van der Waals surface area contributed by atoms with Crippen molar-refractivity contribution in [3.05, 3.63) is 42.0 Å². The number of benzene rings is 1. The maximum absolute atomic E-state index is 11.4. The first-order valence-electron chi connectivity index (χ1n) is 7.75. The molecule has 0 spiro atoms. The number of hydrogen-bond acceptors (Lipinski definition) is 6. The van der Waals surface area contributed by atoms with Crippen molar-refractivity contribution in [3.8, 4) is 0 Å². The summed E-state index contributed by atoms with van der Waals surface area (Å²) in [6, 6.07) is 7.25. The minimum absolute atomic E-state index is 0.511. The van der Waals surface area contributed by atoms with Crippen molar-refractivity contribution in [1.29, 1.82) is 0 Å². The molecule has 7 nitrogen and oxygen atoms in total. The molecule has 0 amide bonds. The van der Waals surface area contributed by atoms with Gasteiger partial charge in [0.15, 0.2) is 5.16 Å². The van der Waals surface area contributed by atoms with Gasteiger partial charge in [0, 0.05) is 18.4 Å². The molecule has 3 rings (SSSR count). The summed E-state index contributed by atoms with van der Waals surface area (Å²) in [5, 5.41) is 0.717. The fraction of sp³-hybridized carbons (Fsp3) is 0.312. The summed E-state index contributed by atoms with van der Waals surface area (Å²) in [4.78, 5) is 13.3. The Hall–Kier alpha value is -2.13. The van der Waals surface area contributed by atoms with Gasteiger partial charge in [-0.1, -0.05) is 11.8 Å². The van der Waals surface area contributed by atoms with Crippen LogP contribution in [-0.4, -0.2) is 34.2 Å². The quantitative estimate of drug-likeness (QED) is 0.525. The van der Waals surface area contributed by atoms with Crippen LogP contribution in [0, 0.1) is 6.92 Å². The van der Waals surface area contributed by atoms with E-state index in [4.69, 9.17) is 0 Å². The molecule has 0 bridgehead atoms. The Morgan fingerprint density at radius 2 is 2.04 bits per heavy atom. The largest absolute Gasteiger partial charge is 0.328 e. The number of imidazole rings is 1. The molecule has 0 fully saturated rings. The standard InChI is InChI=1S/C16H19N5O2S2/c1-4-21-14-6-5-12(20-25(3,22)23)9-13(14)19-15(21)10-24-16-17-8-7-11(2)18-16/h5-9,20H,4,10H2,1-3H3. The summed E-state index contributed by atoms with van der Waals surface area (Å²) in [6.45, 7) is 4.77. The molecular weight excluding hydrogens is 358 g/mol. The van der Waals surface area contributed by atoms with Crippen LogP contribution in [0.4, 0.5) is 5.69 Å². The zero-order valence-corrected chi connectivity index (χ0v) is 15.9. The maximum atomic E-state index is 11.4. The van der Waals surface area contributed by atoms with Crippen LogP contribution in [-0.2, 0) is 22.3 Å². The highest BCUT2D eigenvalue weighted by atomic mass is 32.2. The number of rotatable bonds is 6. The van der Waals surface area contributed by atoms with Gasteiger partial charge in [0.05, 0.1) is 28.7 Å². The van der Waals surface area contributed by atoms with Gasteiger partial charge in [0.1, 0.15) is 5.82 Å². The zero-order valence-electron chi connectivity index (χ0n) is 14.2. The summed E-state index contributed by atoms with van der Waals surface area (Å²) in [5.74, 6) is 1.55. The van der Waals surface area contributed by atoms with Crippen molar-refractivity contribution >= 4 is 38.5 Å². The second-order valence-electron chi connectivity index (χ2n) is 5.62. The topological polar surface area (TPSA) is 89.8 Å². The van der Waals surface area contributed by atoms with Crippen LogP contribution in [0.1, 0.15) is 18.4 Å². The summed E-state index contributed by atoms with van der Waals surface area (Å²) in [5.41, 5.74) is 3.17. The van der Waals surface area contributed by atoms with Crippen LogP contribution in [0.25, 0.3) is 11.0 Å². The Morgan fingerprint density at radius 1 is 1.24 bits per heavy atom. The van der Waals surface area contributed by atoms with Gasteiger partial charge < -0.3 is 4.57 Å². The Kier molecular flexibility index (Phi) is 4.96. The number of nitrogens with zero attached hydrogens (tertiary/aromatic N) is 4. The van der Waals surface area contributed by atoms with Gasteiger partial charge in [-0.05, 0) is 38.1 Å². The fourth-order valence-electron chi connectivity index (χ4n) is 2.54. The lowest BCUT2D eigenvalue weighted by molar-refractivity contribution is 0.607. The fourth-order valence-corrected chi connectivity index (χ4v) is 3.92. The van der Waals surface area contributed by atoms with E-state index in [2.05, 4.69) is 31.2 Å². The van der Waals surface area contributed by atoms with E-state index in [-0.39, 0.29) is 0 Å². The minimum Gasteiger partial charge on any atom is -0.328 e. The van der Waals surface area contributed by atoms with E-state index >= 15 is 0 Å². The molecule has 1 N–H and O–H groups in total. The average Bonchev–Trinajstić information content (AvgIpc) is 2.88. The highest BCUT2D eigenvalue weighted by molar-refractivity contribution is 7.98. The molecule has 0 aliphatic carbocycles. The highest BCUT2D eigenvalue weighted by Crippen LogP contribution is 2.25. The van der Waals surface area contributed by atoms with E-state index < -0.39 is 10.0 Å². The van der Waals surface area contributed by atoms with E-state index in [0.29, 0.717) is 16.6 Å². The Labute approximate surface area is 151 Å². The lowest BCUT2D eigenvalue weighted by Gasteiger charge is -2.06. The van der Waals surface area contributed by atoms with E-state index in [1.165, 1.54) is 11.8 Å². The Balaban J connectivity index is 1.89. The summed E-state index contributed by atoms with van der Waals surface area (Å²) in [7, 11) is -3.31. The van der Waals surface area contributed by atoms with Crippen LogP contribution < -0.4 is 4.72 Å². The molecule has 2 heterocycles. The summed E-state index contributed by atoms with van der Waals surface area (Å²) < 4.78 is 27.4. The second kappa shape index (κ2) is 7.01. The molecule has 0 saturated carbocycles. The molecule has 9 heteroatoms. The van der Waals surface area contributed by atoms with Crippen molar-refractivity contribution in [2.24, 2.45) is 0 Å². The third-order valence-corrected chi connectivity index (χ3v) is 5.01. The highest BCUT2D eigenvalue weighted by Gasteiger charge is 2.12. The molecule has 0 unspecified atom stereocenters. The van der Waals surface area contributed by atoms with Crippen LogP contribution in [0.5, 0.6) is 0 Å². The van der Waals surface area contributed by atoms with E-state index in [9.17, 15) is 8.42 Å². The lowest BCUT2D eigenvalue weighted by atomic mass is 10.3. The molecular formula is C16H19N5O2S2. The Bertz CT molecular complexity index is 1010. The van der Waals surface area contributed by atoms with E-state index in [1.54, 1.807) is 18.3 Å². The number of fused-ring (bicyclic) bond motifs is 1. The maximum Gasteiger partial charge on any atom is 0.229 e. The number of anilines is 1. The number of thioether (sulfide) groups is 1. The van der Waals surface area contributed by atoms with Crippen LogP contribution in [0.3, 0.4) is 0 Å². The average molecular weight is 377 g/mol. The van der Waals surface area contributed by atoms with Crippen molar-refractivity contribution in [1.82, 2.24) is 19.5 Å². The van der Waals surface area contributed by atoms with Crippen LogP contribution in [0.15, 0.2) is 35.6 Å². The first-order valence-corrected chi connectivity index (χ1v) is 10.6. The van der Waals surface area contributed by atoms with Gasteiger partial charge in [-0.3, -0.25) is 4.72 Å². The lowest BCUT2D eigenvalue weighted by Crippen LogP contribution is -2.09. The third kappa shape index (κ3) is 4.29. The van der Waals surface area contributed by atoms with Crippen LogP contribution >= 0.6 is 11.8 Å². The molecule has 2 aromatic heterocycles. The van der Waals surface area contributed by atoms with E-state index in [0.717, 1.165) is 35.4 Å². The molecule has 0 radical (unpaired) electrons. The van der Waals surface area contributed by atoms with Gasteiger partial charge >= 0.3 is 0 Å². The monoisotopic (exact) mass is 377 g/mol. The van der Waals surface area contributed by atoms with Gasteiger partial charge in [0.25, 0.3) is 0 Å². The van der Waals surface area contributed by atoms with E-state index in [1.807, 2.05) is 19.1 Å². The Morgan fingerprint density at radius 3 is 2.72 bits per heavy atom. The van der Waals surface area contributed by atoms with Crippen molar-refractivity contribution in [2.75, 3.05) is 11.0 Å². The number of sulfonamides is 1. The SMILES string of the molecule is CCn1c(CSc2nccc(C)n2)nc2cc(NS(C)(=O)=O)ccc21. The number of aromatic nitrogens is 4. The van der Waals surface area contributed by atoms with Gasteiger partial charge in [0.2, 0.25) is 10.0 Å². The van der Waals surface area contributed by atoms with Crippen molar-refractivity contribution in [2.45, 2.75) is 31.3 Å².